The van der Waals surface area contributed by atoms with Gasteiger partial charge in [-0.25, -0.2) is 0 Å². The lowest BCUT2D eigenvalue weighted by Crippen LogP contribution is -2.12. The van der Waals surface area contributed by atoms with Gasteiger partial charge in [-0.15, -0.1) is 0 Å². The second kappa shape index (κ2) is 6.22. The van der Waals surface area contributed by atoms with Crippen LogP contribution in [0.5, 0.6) is 5.75 Å². The Labute approximate surface area is 122 Å². The van der Waals surface area contributed by atoms with Gasteiger partial charge in [0.2, 0.25) is 0 Å². The van der Waals surface area contributed by atoms with Crippen molar-refractivity contribution in [2.75, 3.05) is 0 Å². The fourth-order valence-corrected chi connectivity index (χ4v) is 2.59. The summed E-state index contributed by atoms with van der Waals surface area (Å²) < 4.78 is 1.10. The van der Waals surface area contributed by atoms with Crippen LogP contribution in [0, 0.1) is 13.8 Å². The van der Waals surface area contributed by atoms with Gasteiger partial charge < -0.3 is 10.4 Å². The van der Waals surface area contributed by atoms with E-state index in [2.05, 4.69) is 33.4 Å². The zero-order chi connectivity index (χ0) is 13.8. The van der Waals surface area contributed by atoms with Crippen LogP contribution in [0.25, 0.3) is 0 Å². The molecule has 0 aromatic heterocycles. The molecule has 2 rings (SSSR count). The number of rotatable bonds is 4. The van der Waals surface area contributed by atoms with E-state index in [9.17, 15) is 5.11 Å². The number of phenols is 1. The van der Waals surface area contributed by atoms with Crippen molar-refractivity contribution in [2.24, 2.45) is 0 Å². The molecule has 0 radical (unpaired) electrons. The maximum Gasteiger partial charge on any atom is 0.121 e. The van der Waals surface area contributed by atoms with Crippen LogP contribution in [0.3, 0.4) is 0 Å². The number of benzene rings is 2. The maximum atomic E-state index is 9.74. The number of aromatic hydroxyl groups is 1. The summed E-state index contributed by atoms with van der Waals surface area (Å²) in [5.74, 6) is 0.399. The summed E-state index contributed by atoms with van der Waals surface area (Å²) in [7, 11) is 0. The minimum absolute atomic E-state index is 0.399. The Hall–Kier alpha value is -1.32. The van der Waals surface area contributed by atoms with Gasteiger partial charge in [0, 0.05) is 17.6 Å². The molecule has 0 bridgehead atoms. The number of hydrogen-bond donors (Lipinski definition) is 2. The predicted molar refractivity (Wildman–Crippen MR) is 82.3 cm³/mol. The largest absolute Gasteiger partial charge is 0.507 e. The van der Waals surface area contributed by atoms with E-state index >= 15 is 0 Å². The van der Waals surface area contributed by atoms with Gasteiger partial charge in [-0.2, -0.15) is 0 Å². The Balaban J connectivity index is 1.96. The van der Waals surface area contributed by atoms with Crippen LogP contribution in [0.4, 0.5) is 0 Å². The molecule has 0 saturated heterocycles. The van der Waals surface area contributed by atoms with E-state index in [-0.39, 0.29) is 0 Å². The quantitative estimate of drug-likeness (QED) is 0.890. The molecule has 3 heteroatoms. The van der Waals surface area contributed by atoms with Crippen molar-refractivity contribution >= 4 is 15.9 Å². The minimum Gasteiger partial charge on any atom is -0.507 e. The van der Waals surface area contributed by atoms with Crippen molar-refractivity contribution in [1.82, 2.24) is 5.32 Å². The van der Waals surface area contributed by atoms with E-state index in [1.807, 2.05) is 38.1 Å². The van der Waals surface area contributed by atoms with Crippen LogP contribution in [0.15, 0.2) is 40.9 Å². The molecule has 0 spiro atoms. The van der Waals surface area contributed by atoms with Gasteiger partial charge in [-0.1, -0.05) is 40.2 Å². The Bertz CT molecular complexity index is 558. The second-order valence-electron chi connectivity index (χ2n) is 4.81. The van der Waals surface area contributed by atoms with Gasteiger partial charge in [-0.3, -0.25) is 0 Å². The summed E-state index contributed by atoms with van der Waals surface area (Å²) in [4.78, 5) is 0. The first-order valence-electron chi connectivity index (χ1n) is 6.30. The monoisotopic (exact) mass is 319 g/mol. The number of nitrogens with one attached hydrogen (secondary N) is 1. The van der Waals surface area contributed by atoms with Crippen molar-refractivity contribution in [2.45, 2.75) is 26.9 Å². The zero-order valence-electron chi connectivity index (χ0n) is 11.2. The van der Waals surface area contributed by atoms with Gasteiger partial charge in [0.25, 0.3) is 0 Å². The molecule has 0 aliphatic heterocycles. The molecule has 2 N–H and O–H groups in total. The van der Waals surface area contributed by atoms with E-state index in [1.165, 1.54) is 11.1 Å². The lowest BCUT2D eigenvalue weighted by atomic mass is 10.1. The van der Waals surface area contributed by atoms with E-state index in [1.54, 1.807) is 0 Å². The standard InChI is InChI=1S/C16H18BrNO/c1-11-6-14(7-12(2)16(11)19)10-18-9-13-4-3-5-15(17)8-13/h3-8,18-19H,9-10H2,1-2H3. The summed E-state index contributed by atoms with van der Waals surface area (Å²) in [5.41, 5.74) is 4.31. The predicted octanol–water partition coefficient (Wildman–Crippen LogP) is 4.06. The second-order valence-corrected chi connectivity index (χ2v) is 5.73. The maximum absolute atomic E-state index is 9.74. The molecule has 0 aliphatic carbocycles. The molecule has 0 aliphatic rings. The molecule has 0 saturated carbocycles. The molecule has 0 fully saturated rings. The van der Waals surface area contributed by atoms with Crippen LogP contribution in [0.2, 0.25) is 0 Å². The van der Waals surface area contributed by atoms with Crippen LogP contribution >= 0.6 is 15.9 Å². The highest BCUT2D eigenvalue weighted by Gasteiger charge is 2.03. The molecular formula is C16H18BrNO. The fraction of sp³-hybridized carbons (Fsp3) is 0.250. The molecule has 0 atom stereocenters. The third-order valence-electron chi connectivity index (χ3n) is 3.10. The third kappa shape index (κ3) is 3.82. The van der Waals surface area contributed by atoms with Gasteiger partial charge in [0.05, 0.1) is 0 Å². The SMILES string of the molecule is Cc1cc(CNCc2cccc(Br)c2)cc(C)c1O. The first-order valence-corrected chi connectivity index (χ1v) is 7.10. The molecule has 0 heterocycles. The Kier molecular flexibility index (Phi) is 4.61. The van der Waals surface area contributed by atoms with Gasteiger partial charge in [0.15, 0.2) is 0 Å². The summed E-state index contributed by atoms with van der Waals surface area (Å²) in [5, 5.41) is 13.2. The van der Waals surface area contributed by atoms with Gasteiger partial charge in [0.1, 0.15) is 5.75 Å². The first kappa shape index (κ1) is 14.1. The summed E-state index contributed by atoms with van der Waals surface area (Å²) >= 11 is 3.47. The first-order chi connectivity index (χ1) is 9.06. The van der Waals surface area contributed by atoms with Crippen molar-refractivity contribution in [1.29, 1.82) is 0 Å². The van der Waals surface area contributed by atoms with E-state index in [0.717, 1.165) is 28.7 Å². The molecule has 100 valence electrons. The minimum atomic E-state index is 0.399. The van der Waals surface area contributed by atoms with Crippen LogP contribution in [-0.2, 0) is 13.1 Å². The highest BCUT2D eigenvalue weighted by atomic mass is 79.9. The van der Waals surface area contributed by atoms with E-state index in [0.29, 0.717) is 5.75 Å². The molecule has 19 heavy (non-hydrogen) atoms. The lowest BCUT2D eigenvalue weighted by Gasteiger charge is -2.09. The molecule has 2 aromatic rings. The Morgan fingerprint density at radius 3 is 2.26 bits per heavy atom. The molecule has 0 amide bonds. The summed E-state index contributed by atoms with van der Waals surface area (Å²) in [6, 6.07) is 12.3. The van der Waals surface area contributed by atoms with Crippen molar-refractivity contribution in [3.63, 3.8) is 0 Å². The van der Waals surface area contributed by atoms with Crippen molar-refractivity contribution in [3.8, 4) is 5.75 Å². The highest BCUT2D eigenvalue weighted by molar-refractivity contribution is 9.10. The molecular weight excluding hydrogens is 302 g/mol. The molecule has 0 unspecified atom stereocenters. The Morgan fingerprint density at radius 2 is 1.63 bits per heavy atom. The van der Waals surface area contributed by atoms with Crippen molar-refractivity contribution < 1.29 is 5.11 Å². The van der Waals surface area contributed by atoms with Gasteiger partial charge in [-0.05, 0) is 48.2 Å². The normalized spacial score (nSPS) is 10.7. The van der Waals surface area contributed by atoms with E-state index < -0.39 is 0 Å². The smallest absolute Gasteiger partial charge is 0.121 e. The number of hydrogen-bond acceptors (Lipinski definition) is 2. The van der Waals surface area contributed by atoms with Crippen molar-refractivity contribution in [3.05, 3.63) is 63.1 Å². The summed E-state index contributed by atoms with van der Waals surface area (Å²) in [6.07, 6.45) is 0. The fourth-order valence-electron chi connectivity index (χ4n) is 2.15. The lowest BCUT2D eigenvalue weighted by molar-refractivity contribution is 0.466. The molecule has 2 aromatic carbocycles. The topological polar surface area (TPSA) is 32.3 Å². The van der Waals surface area contributed by atoms with Crippen LogP contribution in [-0.4, -0.2) is 5.11 Å². The van der Waals surface area contributed by atoms with Crippen LogP contribution in [0.1, 0.15) is 22.3 Å². The number of phenolic OH excluding ortho intramolecular Hbond substituents is 1. The summed E-state index contributed by atoms with van der Waals surface area (Å²) in [6.45, 7) is 5.49. The van der Waals surface area contributed by atoms with E-state index in [4.69, 9.17) is 0 Å². The number of aryl methyl sites for hydroxylation is 2. The average molecular weight is 320 g/mol. The van der Waals surface area contributed by atoms with Crippen LogP contribution < -0.4 is 5.32 Å². The van der Waals surface area contributed by atoms with Gasteiger partial charge >= 0.3 is 0 Å². The Morgan fingerprint density at radius 1 is 1.00 bits per heavy atom. The zero-order valence-corrected chi connectivity index (χ0v) is 12.8. The number of halogens is 1. The molecule has 2 nitrogen and oxygen atoms in total. The highest BCUT2D eigenvalue weighted by Crippen LogP contribution is 2.22. The average Bonchev–Trinajstić information content (AvgIpc) is 2.36. The third-order valence-corrected chi connectivity index (χ3v) is 3.59.